The summed E-state index contributed by atoms with van der Waals surface area (Å²) >= 11 is 0. The fourth-order valence-electron chi connectivity index (χ4n) is 11.9. The van der Waals surface area contributed by atoms with Gasteiger partial charge in [0.15, 0.2) is 0 Å². The minimum absolute atomic E-state index is 0.143. The first-order valence-corrected chi connectivity index (χ1v) is 23.4. The van der Waals surface area contributed by atoms with E-state index in [2.05, 4.69) is 13.8 Å². The zero-order valence-corrected chi connectivity index (χ0v) is 35.0. The molecule has 4 fully saturated rings. The van der Waals surface area contributed by atoms with Gasteiger partial charge in [0.2, 0.25) is 0 Å². The predicted octanol–water partition coefficient (Wildman–Crippen LogP) is 16.9. The van der Waals surface area contributed by atoms with Crippen molar-refractivity contribution in [3.05, 3.63) is 70.8 Å². The Balaban J connectivity index is 1.17. The molecule has 0 heterocycles. The molecule has 0 N–H and O–H groups in total. The summed E-state index contributed by atoms with van der Waals surface area (Å²) in [6.45, 7) is 4.53. The minimum Gasteiger partial charge on any atom is -0.365 e. The van der Waals surface area contributed by atoms with Gasteiger partial charge in [-0.3, -0.25) is 0 Å². The highest BCUT2D eigenvalue weighted by atomic mass is 19.4. The van der Waals surface area contributed by atoms with Crippen molar-refractivity contribution in [1.29, 1.82) is 0 Å². The summed E-state index contributed by atoms with van der Waals surface area (Å²) in [5.74, 6) is 4.89. The van der Waals surface area contributed by atoms with Crippen molar-refractivity contribution in [2.45, 2.75) is 193 Å². The summed E-state index contributed by atoms with van der Waals surface area (Å²) in [5, 5.41) is 0. The third-order valence-electron chi connectivity index (χ3n) is 15.5. The van der Waals surface area contributed by atoms with Crippen LogP contribution in [0.25, 0.3) is 0 Å². The highest BCUT2D eigenvalue weighted by Crippen LogP contribution is 2.51. The second kappa shape index (κ2) is 21.0. The van der Waals surface area contributed by atoms with Crippen LogP contribution in [0.1, 0.15) is 202 Å². The van der Waals surface area contributed by atoms with E-state index in [1.165, 1.54) is 127 Å². The molecule has 7 heteroatoms. The van der Waals surface area contributed by atoms with Gasteiger partial charge in [0, 0.05) is 0 Å². The van der Waals surface area contributed by atoms with Gasteiger partial charge in [0.05, 0.1) is 23.3 Å². The Kier molecular flexibility index (Phi) is 16.4. The van der Waals surface area contributed by atoms with Crippen LogP contribution in [0.4, 0.5) is 26.3 Å². The van der Waals surface area contributed by atoms with Crippen LogP contribution in [0, 0.1) is 47.3 Å². The van der Waals surface area contributed by atoms with E-state index in [1.54, 1.807) is 24.3 Å². The molecule has 4 aliphatic rings. The molecule has 57 heavy (non-hydrogen) atoms. The maximum atomic E-state index is 13.7. The molecular weight excluding hydrogens is 731 g/mol. The largest absolute Gasteiger partial charge is 0.416 e. The molecule has 4 saturated carbocycles. The highest BCUT2D eigenvalue weighted by Gasteiger charge is 2.40. The Morgan fingerprint density at radius 3 is 1.02 bits per heavy atom. The Labute approximate surface area is 340 Å². The molecule has 0 spiro atoms. The lowest BCUT2D eigenvalue weighted by Gasteiger charge is -2.43. The van der Waals surface area contributed by atoms with Gasteiger partial charge in [-0.05, 0) is 160 Å². The summed E-state index contributed by atoms with van der Waals surface area (Å²) in [6.07, 6.45) is 19.7. The van der Waals surface area contributed by atoms with E-state index in [0.717, 1.165) is 86.2 Å². The third-order valence-corrected chi connectivity index (χ3v) is 15.5. The molecule has 0 amide bonds. The fourth-order valence-corrected chi connectivity index (χ4v) is 11.9. The first-order valence-electron chi connectivity index (χ1n) is 23.4. The maximum absolute atomic E-state index is 13.7. The van der Waals surface area contributed by atoms with Gasteiger partial charge in [-0.25, -0.2) is 0 Å². The lowest BCUT2D eigenvalue weighted by Crippen LogP contribution is -2.31. The average Bonchev–Trinajstić information content (AvgIpc) is 3.22. The number of alkyl halides is 6. The molecular formula is C50H72F6O. The Hall–Kier alpha value is -2.02. The Morgan fingerprint density at radius 2 is 0.737 bits per heavy atom. The van der Waals surface area contributed by atoms with Crippen LogP contribution in [0.2, 0.25) is 0 Å². The van der Waals surface area contributed by atoms with Gasteiger partial charge in [0.1, 0.15) is 0 Å². The van der Waals surface area contributed by atoms with E-state index >= 15 is 0 Å². The van der Waals surface area contributed by atoms with E-state index in [4.69, 9.17) is 4.74 Å². The maximum Gasteiger partial charge on any atom is 0.416 e. The number of unbranched alkanes of at least 4 members (excludes halogenated alkanes) is 4. The van der Waals surface area contributed by atoms with E-state index in [9.17, 15) is 26.3 Å². The molecule has 0 radical (unpaired) electrons. The van der Waals surface area contributed by atoms with E-state index < -0.39 is 35.7 Å². The van der Waals surface area contributed by atoms with Crippen molar-refractivity contribution in [3.8, 4) is 0 Å². The zero-order valence-electron chi connectivity index (χ0n) is 35.0. The molecule has 4 aliphatic carbocycles. The number of halogens is 6. The zero-order chi connectivity index (χ0) is 40.4. The summed E-state index contributed by atoms with van der Waals surface area (Å²) in [4.78, 5) is 0. The summed E-state index contributed by atoms with van der Waals surface area (Å²) in [6, 6.07) is 11.1. The summed E-state index contributed by atoms with van der Waals surface area (Å²) in [5.41, 5.74) is 0.152. The van der Waals surface area contributed by atoms with E-state index in [-0.39, 0.29) is 11.8 Å². The average molecular weight is 803 g/mol. The second-order valence-electron chi connectivity index (χ2n) is 19.1. The second-order valence-corrected chi connectivity index (χ2v) is 19.1. The number of ether oxygens (including phenoxy) is 1. The lowest BCUT2D eigenvalue weighted by atomic mass is 9.67. The molecule has 0 aromatic heterocycles. The molecule has 320 valence electrons. The molecule has 2 unspecified atom stereocenters. The lowest BCUT2D eigenvalue weighted by molar-refractivity contribution is -0.138. The Morgan fingerprint density at radius 1 is 0.439 bits per heavy atom. The SMILES string of the molecule is CCCCCC1CCC(C2CCC(C(OC(c3ccc(C(F)(F)F)cc3)C3CCC(C4CCC(CCCCC)CC4)CC3)c3ccc(C(F)(F)F)cc3)CC2)CC1. The van der Waals surface area contributed by atoms with Gasteiger partial charge in [-0.2, -0.15) is 26.3 Å². The normalized spacial score (nSPS) is 30.2. The third kappa shape index (κ3) is 12.5. The van der Waals surface area contributed by atoms with Crippen molar-refractivity contribution in [2.24, 2.45) is 47.3 Å². The predicted molar refractivity (Wildman–Crippen MR) is 220 cm³/mol. The number of hydrogen-bond donors (Lipinski definition) is 0. The van der Waals surface area contributed by atoms with Crippen molar-refractivity contribution < 1.29 is 31.1 Å². The molecule has 0 aliphatic heterocycles. The molecule has 0 bridgehead atoms. The van der Waals surface area contributed by atoms with Crippen molar-refractivity contribution in [2.75, 3.05) is 0 Å². The van der Waals surface area contributed by atoms with Gasteiger partial charge < -0.3 is 4.74 Å². The van der Waals surface area contributed by atoms with Crippen LogP contribution in [0.5, 0.6) is 0 Å². The quantitative estimate of drug-likeness (QED) is 0.121. The van der Waals surface area contributed by atoms with Crippen LogP contribution in [0.15, 0.2) is 48.5 Å². The molecule has 2 aromatic rings. The minimum atomic E-state index is -4.43. The number of rotatable bonds is 16. The standard InChI is InChI=1S/C50H72F6O/c1-3-5-7-9-35-11-15-37(16-12-35)39-19-23-41(24-20-39)47(43-27-31-45(32-28-43)49(51,52)53)57-48(44-29-33-46(34-30-44)50(54,55)56)42-25-21-40(22-26-42)38-17-13-36(14-18-38)10-8-6-4-2/h27-42,47-48H,3-26H2,1-2H3. The van der Waals surface area contributed by atoms with Crippen LogP contribution < -0.4 is 0 Å². The van der Waals surface area contributed by atoms with Crippen LogP contribution in [-0.2, 0) is 17.1 Å². The molecule has 1 nitrogen and oxygen atoms in total. The van der Waals surface area contributed by atoms with Crippen LogP contribution in [0.3, 0.4) is 0 Å². The topological polar surface area (TPSA) is 9.23 Å². The number of hydrogen-bond acceptors (Lipinski definition) is 1. The van der Waals surface area contributed by atoms with Crippen molar-refractivity contribution in [1.82, 2.24) is 0 Å². The molecule has 6 rings (SSSR count). The smallest absolute Gasteiger partial charge is 0.365 e. The monoisotopic (exact) mass is 803 g/mol. The number of benzene rings is 2. The molecule has 2 aromatic carbocycles. The van der Waals surface area contributed by atoms with Crippen LogP contribution >= 0.6 is 0 Å². The Bertz CT molecular complexity index is 1310. The summed E-state index contributed by atoms with van der Waals surface area (Å²) < 4.78 is 89.6. The fraction of sp³-hybridized carbons (Fsp3) is 0.760. The van der Waals surface area contributed by atoms with Gasteiger partial charge in [0.25, 0.3) is 0 Å². The first kappa shape index (κ1) is 44.5. The molecule has 0 saturated heterocycles. The van der Waals surface area contributed by atoms with Crippen LogP contribution in [-0.4, -0.2) is 0 Å². The highest BCUT2D eigenvalue weighted by molar-refractivity contribution is 5.29. The van der Waals surface area contributed by atoms with Gasteiger partial charge in [-0.15, -0.1) is 0 Å². The van der Waals surface area contributed by atoms with Crippen molar-refractivity contribution >= 4 is 0 Å². The summed E-state index contributed by atoms with van der Waals surface area (Å²) in [7, 11) is 0. The first-order chi connectivity index (χ1) is 27.4. The van der Waals surface area contributed by atoms with Gasteiger partial charge >= 0.3 is 12.4 Å². The van der Waals surface area contributed by atoms with Gasteiger partial charge in [-0.1, -0.05) is 115 Å². The van der Waals surface area contributed by atoms with E-state index in [0.29, 0.717) is 11.8 Å². The van der Waals surface area contributed by atoms with Crippen molar-refractivity contribution in [3.63, 3.8) is 0 Å². The molecule has 2 atom stereocenters. The van der Waals surface area contributed by atoms with E-state index in [1.807, 2.05) is 0 Å².